The number of aliphatic hydroxyl groups is 1. The molecule has 0 bridgehead atoms. The predicted octanol–water partition coefficient (Wildman–Crippen LogP) is 6.18. The summed E-state index contributed by atoms with van der Waals surface area (Å²) in [7, 11) is 0. The zero-order chi connectivity index (χ0) is 22.6. The fourth-order valence-electron chi connectivity index (χ4n) is 4.31. The molecule has 1 spiro atoms. The average molecular weight is 458 g/mol. The molecule has 1 amide bonds. The maximum atomic E-state index is 13.6. The van der Waals surface area contributed by atoms with E-state index in [1.807, 2.05) is 0 Å². The highest BCUT2D eigenvalue weighted by atomic mass is 35.5. The lowest BCUT2D eigenvalue weighted by Crippen LogP contribution is -2.48. The molecule has 0 radical (unpaired) electrons. The van der Waals surface area contributed by atoms with Crippen molar-refractivity contribution in [3.05, 3.63) is 64.4 Å². The number of halogens is 6. The summed E-state index contributed by atoms with van der Waals surface area (Å²) in [6, 6.07) is 7.77. The third kappa shape index (κ3) is 3.78. The Morgan fingerprint density at radius 2 is 1.61 bits per heavy atom. The molecular formula is C22H17ClF5NO2. The number of aliphatic hydroxyl groups excluding tert-OH is 1. The molecule has 1 aliphatic heterocycles. The lowest BCUT2D eigenvalue weighted by Gasteiger charge is -2.37. The maximum Gasteiger partial charge on any atom is 0.391 e. The molecular weight excluding hydrogens is 441 g/mol. The third-order valence-electron chi connectivity index (χ3n) is 6.06. The summed E-state index contributed by atoms with van der Waals surface area (Å²) in [5, 5.41) is 13.7. The average Bonchev–Trinajstić information content (AvgIpc) is 2.94. The first-order chi connectivity index (χ1) is 14.5. The molecule has 1 heterocycles. The van der Waals surface area contributed by atoms with Crippen molar-refractivity contribution in [2.75, 3.05) is 0 Å². The van der Waals surface area contributed by atoms with Crippen LogP contribution >= 0.6 is 11.6 Å². The fraction of sp³-hybridized carbons (Fsp3) is 0.318. The van der Waals surface area contributed by atoms with Gasteiger partial charge in [-0.3, -0.25) is 4.79 Å². The molecule has 31 heavy (non-hydrogen) atoms. The Balaban J connectivity index is 1.72. The van der Waals surface area contributed by atoms with Gasteiger partial charge < -0.3 is 10.4 Å². The summed E-state index contributed by atoms with van der Waals surface area (Å²) in [6.45, 7) is 0. The minimum atomic E-state index is -4.32. The van der Waals surface area contributed by atoms with Crippen molar-refractivity contribution in [3.63, 3.8) is 0 Å². The summed E-state index contributed by atoms with van der Waals surface area (Å²) in [6.07, 6.45) is -4.88. The van der Waals surface area contributed by atoms with Crippen LogP contribution < -0.4 is 5.32 Å². The van der Waals surface area contributed by atoms with Gasteiger partial charge >= 0.3 is 6.18 Å². The zero-order valence-electron chi connectivity index (χ0n) is 16.0. The number of benzene rings is 2. The largest absolute Gasteiger partial charge is 0.509 e. The van der Waals surface area contributed by atoms with Gasteiger partial charge in [-0.15, -0.1) is 0 Å². The van der Waals surface area contributed by atoms with Crippen LogP contribution in [0.2, 0.25) is 5.02 Å². The second-order valence-electron chi connectivity index (χ2n) is 7.90. The number of nitrogens with one attached hydrogen (secondary N) is 1. The third-order valence-corrected chi connectivity index (χ3v) is 6.39. The van der Waals surface area contributed by atoms with Gasteiger partial charge in [-0.1, -0.05) is 23.7 Å². The quantitative estimate of drug-likeness (QED) is 0.529. The molecule has 2 aromatic rings. The first-order valence-corrected chi connectivity index (χ1v) is 9.98. The number of alkyl halides is 3. The van der Waals surface area contributed by atoms with Gasteiger partial charge in [0.1, 0.15) is 5.76 Å². The Morgan fingerprint density at radius 3 is 2.23 bits per heavy atom. The van der Waals surface area contributed by atoms with Crippen LogP contribution in [0.5, 0.6) is 0 Å². The second kappa shape index (κ2) is 7.51. The van der Waals surface area contributed by atoms with Gasteiger partial charge in [-0.05, 0) is 61.1 Å². The molecule has 0 unspecified atom stereocenters. The van der Waals surface area contributed by atoms with Crippen LogP contribution in [0.1, 0.15) is 31.2 Å². The summed E-state index contributed by atoms with van der Waals surface area (Å²) >= 11 is 6.25. The molecule has 9 heteroatoms. The lowest BCUT2D eigenvalue weighted by atomic mass is 9.75. The first kappa shape index (κ1) is 21.6. The molecule has 164 valence electrons. The molecule has 2 aromatic carbocycles. The van der Waals surface area contributed by atoms with E-state index in [0.29, 0.717) is 11.1 Å². The molecule has 1 saturated carbocycles. The van der Waals surface area contributed by atoms with Crippen LogP contribution in [0.3, 0.4) is 0 Å². The van der Waals surface area contributed by atoms with Gasteiger partial charge in [-0.2, -0.15) is 13.2 Å². The molecule has 1 fully saturated rings. The number of carbonyl (C=O) groups excluding carboxylic acids is 1. The van der Waals surface area contributed by atoms with E-state index >= 15 is 0 Å². The van der Waals surface area contributed by atoms with Gasteiger partial charge in [0.15, 0.2) is 11.6 Å². The number of carbonyl (C=O) groups is 1. The number of hydrogen-bond acceptors (Lipinski definition) is 2. The van der Waals surface area contributed by atoms with Gasteiger partial charge in [0.05, 0.1) is 17.0 Å². The van der Waals surface area contributed by atoms with E-state index in [1.165, 1.54) is 18.2 Å². The van der Waals surface area contributed by atoms with Crippen LogP contribution in [0.4, 0.5) is 22.0 Å². The highest BCUT2D eigenvalue weighted by molar-refractivity contribution is 6.35. The SMILES string of the molecule is O=C1NC2(CCC(C(F)(F)F)CC2)C(O)=C1c1cc(-c2ccc(F)c(F)c2)ccc1Cl. The molecule has 1 aliphatic carbocycles. The van der Waals surface area contributed by atoms with Gasteiger partial charge in [0.25, 0.3) is 5.91 Å². The number of hydrogen-bond donors (Lipinski definition) is 2. The Hall–Kier alpha value is -2.61. The van der Waals surface area contributed by atoms with Crippen LogP contribution in [-0.2, 0) is 4.79 Å². The molecule has 0 atom stereocenters. The van der Waals surface area contributed by atoms with Crippen LogP contribution in [0, 0.1) is 17.6 Å². The smallest absolute Gasteiger partial charge is 0.391 e. The summed E-state index contributed by atoms with van der Waals surface area (Å²) < 4.78 is 65.9. The Kier molecular flexibility index (Phi) is 5.24. The van der Waals surface area contributed by atoms with Crippen molar-refractivity contribution in [1.29, 1.82) is 0 Å². The first-order valence-electron chi connectivity index (χ1n) is 9.60. The molecule has 0 saturated heterocycles. The monoisotopic (exact) mass is 457 g/mol. The van der Waals surface area contributed by atoms with Crippen LogP contribution in [0.25, 0.3) is 16.7 Å². The Labute approximate surface area is 179 Å². The normalized spacial score (nSPS) is 24.1. The van der Waals surface area contributed by atoms with E-state index in [-0.39, 0.29) is 47.6 Å². The number of amides is 1. The molecule has 0 aromatic heterocycles. The standard InChI is InChI=1S/C22H17ClF5NO2/c23-15-3-1-11(12-2-4-16(24)17(25)10-12)9-14(15)18-19(30)21(29-20(18)31)7-5-13(6-8-21)22(26,27)28/h1-4,9-10,13,30H,5-8H2,(H,29,31). The minimum absolute atomic E-state index is 0.0568. The zero-order valence-corrected chi connectivity index (χ0v) is 16.7. The molecule has 2 aliphatic rings. The Bertz CT molecular complexity index is 1090. The minimum Gasteiger partial charge on any atom is -0.509 e. The van der Waals surface area contributed by atoms with Crippen molar-refractivity contribution in [2.45, 2.75) is 37.4 Å². The maximum absolute atomic E-state index is 13.6. The predicted molar refractivity (Wildman–Crippen MR) is 105 cm³/mol. The van der Waals surface area contributed by atoms with Gasteiger partial charge in [0, 0.05) is 10.6 Å². The van der Waals surface area contributed by atoms with E-state index in [1.54, 1.807) is 6.07 Å². The number of rotatable bonds is 2. The molecule has 4 rings (SSSR count). The summed E-state index contributed by atoms with van der Waals surface area (Å²) in [4.78, 5) is 12.7. The highest BCUT2D eigenvalue weighted by Crippen LogP contribution is 2.47. The van der Waals surface area contributed by atoms with E-state index < -0.39 is 35.2 Å². The molecule has 3 nitrogen and oxygen atoms in total. The Morgan fingerprint density at radius 1 is 1.00 bits per heavy atom. The summed E-state index contributed by atoms with van der Waals surface area (Å²) in [5.74, 6) is -4.53. The molecule has 2 N–H and O–H groups in total. The van der Waals surface area contributed by atoms with Gasteiger partial charge in [-0.25, -0.2) is 8.78 Å². The van der Waals surface area contributed by atoms with E-state index in [4.69, 9.17) is 11.6 Å². The second-order valence-corrected chi connectivity index (χ2v) is 8.31. The van der Waals surface area contributed by atoms with Crippen molar-refractivity contribution in [3.8, 4) is 11.1 Å². The fourth-order valence-corrected chi connectivity index (χ4v) is 4.52. The summed E-state index contributed by atoms with van der Waals surface area (Å²) in [5.41, 5.74) is -0.479. The van der Waals surface area contributed by atoms with Gasteiger partial charge in [0.2, 0.25) is 0 Å². The van der Waals surface area contributed by atoms with E-state index in [9.17, 15) is 31.9 Å². The highest BCUT2D eigenvalue weighted by Gasteiger charge is 2.52. The van der Waals surface area contributed by atoms with Crippen LogP contribution in [-0.4, -0.2) is 22.7 Å². The van der Waals surface area contributed by atoms with Crippen molar-refractivity contribution in [1.82, 2.24) is 5.32 Å². The lowest BCUT2D eigenvalue weighted by molar-refractivity contribution is -0.184. The van der Waals surface area contributed by atoms with Crippen molar-refractivity contribution < 1.29 is 31.9 Å². The van der Waals surface area contributed by atoms with Crippen molar-refractivity contribution in [2.24, 2.45) is 5.92 Å². The van der Waals surface area contributed by atoms with Crippen LogP contribution in [0.15, 0.2) is 42.2 Å². The van der Waals surface area contributed by atoms with E-state index in [0.717, 1.165) is 12.1 Å². The van der Waals surface area contributed by atoms with Crippen molar-refractivity contribution >= 4 is 23.1 Å². The topological polar surface area (TPSA) is 49.3 Å². The van der Waals surface area contributed by atoms with E-state index in [2.05, 4.69) is 5.32 Å².